The minimum atomic E-state index is -1.81. The van der Waals surface area contributed by atoms with Crippen LogP contribution in [0.3, 0.4) is 0 Å². The fourth-order valence-corrected chi connectivity index (χ4v) is 4.61. The molecule has 0 aliphatic heterocycles. The maximum atomic E-state index is 11.3. The van der Waals surface area contributed by atoms with Crippen molar-refractivity contribution in [2.24, 2.45) is 0 Å². The molecular weight excluding hydrogens is 368 g/mol. The topological polar surface area (TPSA) is 35.5 Å². The number of carbonyl (C=O) groups excluding carboxylic acids is 1. The van der Waals surface area contributed by atoms with Crippen molar-refractivity contribution in [3.8, 4) is 11.5 Å². The summed E-state index contributed by atoms with van der Waals surface area (Å²) in [6.07, 6.45) is 2.47. The van der Waals surface area contributed by atoms with Gasteiger partial charge in [0.05, 0.1) is 0 Å². The van der Waals surface area contributed by atoms with E-state index < -0.39 is 16.6 Å². The molecule has 0 aromatic heterocycles. The monoisotopic (exact) mass is 408 g/mol. The number of hydrogen-bond donors (Lipinski definition) is 0. The van der Waals surface area contributed by atoms with Gasteiger partial charge in [0.2, 0.25) is 16.6 Å². The smallest absolute Gasteiger partial charge is 0.242 e. The van der Waals surface area contributed by atoms with Crippen molar-refractivity contribution in [2.75, 3.05) is 0 Å². The molecule has 154 valence electrons. The SMILES string of the molecule is CCC(C)(C)c1cc(O[Si](C)(C)C)c(C(C)(C)CC=O)cc1O[Si](C)(C)C. The Kier molecular flexibility index (Phi) is 7.20. The van der Waals surface area contributed by atoms with E-state index in [4.69, 9.17) is 8.85 Å². The first kappa shape index (κ1) is 24.0. The maximum Gasteiger partial charge on any atom is 0.242 e. The zero-order valence-corrected chi connectivity index (χ0v) is 21.4. The molecule has 0 saturated heterocycles. The molecule has 0 radical (unpaired) electrons. The van der Waals surface area contributed by atoms with Crippen LogP contribution in [0.1, 0.15) is 58.6 Å². The van der Waals surface area contributed by atoms with E-state index >= 15 is 0 Å². The molecule has 1 aromatic rings. The van der Waals surface area contributed by atoms with E-state index in [1.807, 2.05) is 0 Å². The fraction of sp³-hybridized carbons (Fsp3) is 0.682. The van der Waals surface area contributed by atoms with E-state index in [1.165, 1.54) is 5.56 Å². The van der Waals surface area contributed by atoms with Gasteiger partial charge in [-0.25, -0.2) is 0 Å². The first-order chi connectivity index (χ1) is 12.0. The predicted octanol–water partition coefficient (Wildman–Crippen LogP) is 6.67. The van der Waals surface area contributed by atoms with Crippen LogP contribution >= 0.6 is 0 Å². The number of benzene rings is 1. The van der Waals surface area contributed by atoms with Gasteiger partial charge in [-0.05, 0) is 68.7 Å². The second-order valence-corrected chi connectivity index (χ2v) is 19.6. The lowest BCUT2D eigenvalue weighted by Gasteiger charge is -2.35. The van der Waals surface area contributed by atoms with Gasteiger partial charge in [-0.3, -0.25) is 0 Å². The summed E-state index contributed by atoms with van der Waals surface area (Å²) in [5.74, 6) is 1.87. The molecule has 0 aliphatic rings. The number of hydrogen-bond acceptors (Lipinski definition) is 3. The van der Waals surface area contributed by atoms with Crippen molar-refractivity contribution < 1.29 is 13.6 Å². The van der Waals surface area contributed by atoms with Gasteiger partial charge in [-0.1, -0.05) is 34.6 Å². The Balaban J connectivity index is 3.79. The van der Waals surface area contributed by atoms with Crippen LogP contribution in [0.5, 0.6) is 11.5 Å². The maximum absolute atomic E-state index is 11.3. The Morgan fingerprint density at radius 2 is 1.19 bits per heavy atom. The van der Waals surface area contributed by atoms with Crippen molar-refractivity contribution in [2.45, 2.75) is 97.6 Å². The average Bonchev–Trinajstić information content (AvgIpc) is 2.45. The molecule has 5 heteroatoms. The third kappa shape index (κ3) is 6.79. The van der Waals surface area contributed by atoms with Gasteiger partial charge in [-0.15, -0.1) is 0 Å². The second kappa shape index (κ2) is 8.12. The van der Waals surface area contributed by atoms with Gasteiger partial charge in [0.25, 0.3) is 0 Å². The van der Waals surface area contributed by atoms with Crippen LogP contribution in [0, 0.1) is 0 Å². The molecule has 3 nitrogen and oxygen atoms in total. The highest BCUT2D eigenvalue weighted by molar-refractivity contribution is 6.70. The van der Waals surface area contributed by atoms with Gasteiger partial charge >= 0.3 is 0 Å². The zero-order chi connectivity index (χ0) is 21.3. The molecule has 27 heavy (non-hydrogen) atoms. The Morgan fingerprint density at radius 1 is 0.815 bits per heavy atom. The summed E-state index contributed by atoms with van der Waals surface area (Å²) in [6, 6.07) is 4.35. The molecular formula is C22H40O3Si2. The molecule has 0 spiro atoms. The molecule has 0 fully saturated rings. The Labute approximate surface area is 169 Å². The van der Waals surface area contributed by atoms with Crippen LogP contribution < -0.4 is 8.85 Å². The van der Waals surface area contributed by atoms with Crippen molar-refractivity contribution in [1.82, 2.24) is 0 Å². The third-order valence-electron chi connectivity index (χ3n) is 4.85. The highest BCUT2D eigenvalue weighted by atomic mass is 28.4. The number of aldehydes is 1. The van der Waals surface area contributed by atoms with Crippen molar-refractivity contribution in [3.63, 3.8) is 0 Å². The van der Waals surface area contributed by atoms with E-state index in [0.717, 1.165) is 29.8 Å². The summed E-state index contributed by atoms with van der Waals surface area (Å²) in [7, 11) is -3.60. The number of carbonyl (C=O) groups is 1. The van der Waals surface area contributed by atoms with E-state index in [-0.39, 0.29) is 10.8 Å². The minimum Gasteiger partial charge on any atom is -0.544 e. The summed E-state index contributed by atoms with van der Waals surface area (Å²) >= 11 is 0. The molecule has 1 rings (SSSR count). The molecule has 1 aromatic carbocycles. The standard InChI is InChI=1S/C22H40O3Si2/c1-12-21(2,3)17-15-20(25-27(9,10)11)18(22(4,5)13-14-23)16-19(17)24-26(6,7)8/h14-16H,12-13H2,1-11H3. The summed E-state index contributed by atoms with van der Waals surface area (Å²) in [6.45, 7) is 24.1. The van der Waals surface area contributed by atoms with Crippen molar-refractivity contribution in [1.29, 1.82) is 0 Å². The summed E-state index contributed by atoms with van der Waals surface area (Å²) in [4.78, 5) is 11.3. The van der Waals surface area contributed by atoms with Crippen LogP contribution in [0.4, 0.5) is 0 Å². The van der Waals surface area contributed by atoms with Gasteiger partial charge in [-0.2, -0.15) is 0 Å². The highest BCUT2D eigenvalue weighted by Gasteiger charge is 2.33. The van der Waals surface area contributed by atoms with E-state index in [9.17, 15) is 4.79 Å². The Morgan fingerprint density at radius 3 is 1.48 bits per heavy atom. The van der Waals surface area contributed by atoms with Crippen LogP contribution in [-0.4, -0.2) is 22.9 Å². The lowest BCUT2D eigenvalue weighted by molar-refractivity contribution is -0.108. The Bertz CT molecular complexity index is 665. The van der Waals surface area contributed by atoms with E-state index in [0.29, 0.717) is 6.42 Å². The van der Waals surface area contributed by atoms with Gasteiger partial charge in [0, 0.05) is 17.5 Å². The molecule has 0 aliphatic carbocycles. The van der Waals surface area contributed by atoms with Crippen LogP contribution in [0.2, 0.25) is 39.3 Å². The first-order valence-electron chi connectivity index (χ1n) is 10.0. The molecule has 0 N–H and O–H groups in total. The highest BCUT2D eigenvalue weighted by Crippen LogP contribution is 2.44. The lowest BCUT2D eigenvalue weighted by Crippen LogP contribution is -2.34. The summed E-state index contributed by atoms with van der Waals surface area (Å²) < 4.78 is 13.0. The predicted molar refractivity (Wildman–Crippen MR) is 121 cm³/mol. The summed E-state index contributed by atoms with van der Waals surface area (Å²) in [5.41, 5.74) is 1.95. The van der Waals surface area contributed by atoms with Gasteiger partial charge < -0.3 is 13.6 Å². The lowest BCUT2D eigenvalue weighted by atomic mass is 9.77. The molecule has 0 amide bonds. The first-order valence-corrected chi connectivity index (χ1v) is 16.8. The average molecular weight is 409 g/mol. The van der Waals surface area contributed by atoms with E-state index in [1.54, 1.807) is 0 Å². The molecule has 0 heterocycles. The zero-order valence-electron chi connectivity index (χ0n) is 19.4. The fourth-order valence-electron chi connectivity index (χ4n) is 2.96. The largest absolute Gasteiger partial charge is 0.544 e. The quantitative estimate of drug-likeness (QED) is 0.338. The van der Waals surface area contributed by atoms with Crippen molar-refractivity contribution in [3.05, 3.63) is 23.3 Å². The van der Waals surface area contributed by atoms with Gasteiger partial charge in [0.1, 0.15) is 17.8 Å². The number of rotatable bonds is 9. The third-order valence-corrected chi connectivity index (χ3v) is 6.51. The van der Waals surface area contributed by atoms with Gasteiger partial charge in [0.15, 0.2) is 0 Å². The molecule has 0 unspecified atom stereocenters. The minimum absolute atomic E-state index is 0.0140. The normalized spacial score (nSPS) is 13.4. The Hall–Kier alpha value is -1.08. The van der Waals surface area contributed by atoms with Crippen LogP contribution in [-0.2, 0) is 15.6 Å². The van der Waals surface area contributed by atoms with E-state index in [2.05, 4.69) is 86.0 Å². The van der Waals surface area contributed by atoms with Crippen molar-refractivity contribution >= 4 is 22.9 Å². The second-order valence-electron chi connectivity index (χ2n) is 10.8. The van der Waals surface area contributed by atoms with Crippen LogP contribution in [0.15, 0.2) is 12.1 Å². The molecule has 0 saturated carbocycles. The summed E-state index contributed by atoms with van der Waals surface area (Å²) in [5, 5.41) is 0. The van der Waals surface area contributed by atoms with Crippen LogP contribution in [0.25, 0.3) is 0 Å². The molecule has 0 atom stereocenters. The molecule has 0 bridgehead atoms.